The van der Waals surface area contributed by atoms with Gasteiger partial charge in [-0.25, -0.2) is 0 Å². The van der Waals surface area contributed by atoms with Gasteiger partial charge < -0.3 is 11.3 Å². The molecule has 106 valence electrons. The first kappa shape index (κ1) is 19.3. The minimum Gasteiger partial charge on any atom is -0.390 e. The molecule has 0 aliphatic carbocycles. The lowest BCUT2D eigenvalue weighted by atomic mass is 9.88. The zero-order valence-electron chi connectivity index (χ0n) is 12.6. The summed E-state index contributed by atoms with van der Waals surface area (Å²) in [7, 11) is 0. The van der Waals surface area contributed by atoms with Crippen LogP contribution in [0, 0.1) is 5.92 Å². The van der Waals surface area contributed by atoms with Gasteiger partial charge in [0.2, 0.25) is 0 Å². The van der Waals surface area contributed by atoms with Crippen LogP contribution in [0.2, 0.25) is 0 Å². The molecule has 0 rings (SSSR count). The number of rotatable bonds is 10. The van der Waals surface area contributed by atoms with Crippen LogP contribution in [0.4, 0.5) is 0 Å². The van der Waals surface area contributed by atoms with E-state index in [4.69, 9.17) is 0 Å². The van der Waals surface area contributed by atoms with Gasteiger partial charge in [-0.2, -0.15) is 0 Å². The predicted molar refractivity (Wildman–Crippen MR) is 77.7 cm³/mol. The topological polar surface area (TPSA) is 55.2 Å². The highest BCUT2D eigenvalue weighted by Crippen LogP contribution is 2.22. The fraction of sp³-hybridized carbons (Fsp3) is 1.00. The highest BCUT2D eigenvalue weighted by molar-refractivity contribution is 4.72. The summed E-state index contributed by atoms with van der Waals surface area (Å²) < 4.78 is 0. The monoisotopic (exact) mass is 245 g/mol. The van der Waals surface area contributed by atoms with E-state index in [-0.39, 0.29) is 6.15 Å². The van der Waals surface area contributed by atoms with Crippen molar-refractivity contribution >= 4 is 0 Å². The molecule has 0 heterocycles. The molecular weight excluding hydrogens is 210 g/mol. The van der Waals surface area contributed by atoms with E-state index in [1.165, 1.54) is 57.8 Å². The number of hydrogen-bond acceptors (Lipinski definition) is 2. The molecule has 0 saturated heterocycles. The average molecular weight is 245 g/mol. The molecule has 0 aromatic heterocycles. The Morgan fingerprint density at radius 1 is 0.882 bits per heavy atom. The Balaban J connectivity index is 0. The highest BCUT2D eigenvalue weighted by Gasteiger charge is 2.21. The van der Waals surface area contributed by atoms with Gasteiger partial charge >= 0.3 is 0 Å². The summed E-state index contributed by atoms with van der Waals surface area (Å²) in [6.07, 6.45) is 12.1. The number of hydrogen-bond donors (Lipinski definition) is 2. The summed E-state index contributed by atoms with van der Waals surface area (Å²) in [5.74, 6) is 0.424. The van der Waals surface area contributed by atoms with Gasteiger partial charge in [0, 0.05) is 0 Å². The van der Waals surface area contributed by atoms with Crippen LogP contribution < -0.4 is 6.15 Å². The number of aliphatic hydroxyl groups is 1. The van der Waals surface area contributed by atoms with E-state index in [1.54, 1.807) is 0 Å². The molecule has 0 saturated carbocycles. The van der Waals surface area contributed by atoms with Crippen molar-refractivity contribution in [1.29, 1.82) is 0 Å². The molecule has 0 bridgehead atoms. The smallest absolute Gasteiger partial charge is 0.0617 e. The van der Waals surface area contributed by atoms with E-state index >= 15 is 0 Å². The summed E-state index contributed by atoms with van der Waals surface area (Å²) in [6.45, 7) is 8.25. The van der Waals surface area contributed by atoms with E-state index in [1.807, 2.05) is 13.8 Å². The fourth-order valence-electron chi connectivity index (χ4n) is 1.94. The Morgan fingerprint density at radius 3 is 1.71 bits per heavy atom. The zero-order chi connectivity index (χ0) is 12.4. The maximum absolute atomic E-state index is 9.79. The van der Waals surface area contributed by atoms with Gasteiger partial charge in [0.15, 0.2) is 0 Å². The van der Waals surface area contributed by atoms with Gasteiger partial charge in [0.25, 0.3) is 0 Å². The molecule has 0 spiro atoms. The maximum atomic E-state index is 9.79. The molecule has 0 aliphatic rings. The fourth-order valence-corrected chi connectivity index (χ4v) is 1.94. The Morgan fingerprint density at radius 2 is 1.29 bits per heavy atom. The Labute approximate surface area is 109 Å². The SMILES string of the molecule is CCCCCCCCCCC(C)C(C)(C)O.N. The Kier molecular flexibility index (Phi) is 12.5. The van der Waals surface area contributed by atoms with Gasteiger partial charge in [-0.1, -0.05) is 65.2 Å². The molecule has 0 aliphatic heterocycles. The zero-order valence-corrected chi connectivity index (χ0v) is 12.6. The summed E-state index contributed by atoms with van der Waals surface area (Å²) in [5.41, 5.74) is -0.499. The first-order valence-electron chi connectivity index (χ1n) is 7.20. The van der Waals surface area contributed by atoms with Gasteiger partial charge in [-0.15, -0.1) is 0 Å². The molecule has 1 atom stereocenters. The van der Waals surface area contributed by atoms with Gasteiger partial charge in [0.05, 0.1) is 5.60 Å². The lowest BCUT2D eigenvalue weighted by Crippen LogP contribution is -2.28. The minimum absolute atomic E-state index is 0. The quantitative estimate of drug-likeness (QED) is 0.527. The third-order valence-electron chi connectivity index (χ3n) is 3.70. The van der Waals surface area contributed by atoms with E-state index in [0.29, 0.717) is 5.92 Å². The van der Waals surface area contributed by atoms with Gasteiger partial charge in [0.1, 0.15) is 0 Å². The normalized spacial score (nSPS) is 13.2. The minimum atomic E-state index is -0.499. The van der Waals surface area contributed by atoms with Crippen molar-refractivity contribution in [2.24, 2.45) is 5.92 Å². The van der Waals surface area contributed by atoms with E-state index in [0.717, 1.165) is 0 Å². The van der Waals surface area contributed by atoms with Crippen molar-refractivity contribution in [2.45, 2.75) is 91.1 Å². The van der Waals surface area contributed by atoms with Crippen molar-refractivity contribution in [3.8, 4) is 0 Å². The van der Waals surface area contributed by atoms with Crippen LogP contribution >= 0.6 is 0 Å². The lowest BCUT2D eigenvalue weighted by Gasteiger charge is -2.25. The lowest BCUT2D eigenvalue weighted by molar-refractivity contribution is 0.0203. The molecule has 4 N–H and O–H groups in total. The molecule has 2 heteroatoms. The second-order valence-corrected chi connectivity index (χ2v) is 5.82. The van der Waals surface area contributed by atoms with E-state index < -0.39 is 5.60 Å². The standard InChI is InChI=1S/C15H32O.H3N/c1-5-6-7-8-9-10-11-12-13-14(2)15(3,4)16;/h14,16H,5-13H2,1-4H3;1H3. The molecule has 0 aromatic rings. The van der Waals surface area contributed by atoms with Crippen LogP contribution in [0.15, 0.2) is 0 Å². The highest BCUT2D eigenvalue weighted by atomic mass is 16.3. The predicted octanol–water partition coefficient (Wildman–Crippen LogP) is 5.09. The third kappa shape index (κ3) is 12.2. The largest absolute Gasteiger partial charge is 0.390 e. The first-order chi connectivity index (χ1) is 7.48. The van der Waals surface area contributed by atoms with Crippen LogP contribution in [0.3, 0.4) is 0 Å². The van der Waals surface area contributed by atoms with Crippen molar-refractivity contribution < 1.29 is 5.11 Å². The maximum Gasteiger partial charge on any atom is 0.0617 e. The molecule has 0 amide bonds. The summed E-state index contributed by atoms with van der Waals surface area (Å²) in [5, 5.41) is 9.79. The van der Waals surface area contributed by atoms with Crippen molar-refractivity contribution in [3.05, 3.63) is 0 Å². The van der Waals surface area contributed by atoms with Crippen LogP contribution in [0.5, 0.6) is 0 Å². The van der Waals surface area contributed by atoms with Crippen LogP contribution in [-0.4, -0.2) is 10.7 Å². The molecule has 17 heavy (non-hydrogen) atoms. The van der Waals surface area contributed by atoms with Gasteiger partial charge in [-0.3, -0.25) is 0 Å². The summed E-state index contributed by atoms with van der Waals surface area (Å²) >= 11 is 0. The molecule has 0 aromatic carbocycles. The Bertz CT molecular complexity index is 151. The van der Waals surface area contributed by atoms with Crippen molar-refractivity contribution in [1.82, 2.24) is 6.15 Å². The van der Waals surface area contributed by atoms with Crippen LogP contribution in [-0.2, 0) is 0 Å². The van der Waals surface area contributed by atoms with Crippen molar-refractivity contribution in [2.75, 3.05) is 0 Å². The average Bonchev–Trinajstić information content (AvgIpc) is 2.20. The van der Waals surface area contributed by atoms with E-state index in [9.17, 15) is 5.11 Å². The molecule has 0 radical (unpaired) electrons. The second kappa shape index (κ2) is 11.0. The third-order valence-corrected chi connectivity index (χ3v) is 3.70. The Hall–Kier alpha value is -0.0800. The first-order valence-corrected chi connectivity index (χ1v) is 7.20. The van der Waals surface area contributed by atoms with Crippen molar-refractivity contribution in [3.63, 3.8) is 0 Å². The second-order valence-electron chi connectivity index (χ2n) is 5.82. The van der Waals surface area contributed by atoms with Gasteiger partial charge in [-0.05, 0) is 26.2 Å². The summed E-state index contributed by atoms with van der Waals surface area (Å²) in [6, 6.07) is 0. The number of unbranched alkanes of at least 4 members (excludes halogenated alkanes) is 7. The molecule has 2 nitrogen and oxygen atoms in total. The molecular formula is C15H35NO. The molecule has 0 fully saturated rings. The van der Waals surface area contributed by atoms with Crippen LogP contribution in [0.1, 0.15) is 85.5 Å². The summed E-state index contributed by atoms with van der Waals surface area (Å²) in [4.78, 5) is 0. The van der Waals surface area contributed by atoms with Crippen LogP contribution in [0.25, 0.3) is 0 Å². The molecule has 1 unspecified atom stereocenters. The van der Waals surface area contributed by atoms with E-state index in [2.05, 4.69) is 13.8 Å².